The zero-order valence-electron chi connectivity index (χ0n) is 11.4. The van der Waals surface area contributed by atoms with Gasteiger partial charge < -0.3 is 14.4 Å². The van der Waals surface area contributed by atoms with E-state index in [2.05, 4.69) is 5.16 Å². The average molecular weight is 281 g/mol. The van der Waals surface area contributed by atoms with Gasteiger partial charge in [-0.1, -0.05) is 53.7 Å². The predicted octanol–water partition coefficient (Wildman–Crippen LogP) is 3.41. The molecule has 3 aromatic rings. The summed E-state index contributed by atoms with van der Waals surface area (Å²) in [7, 11) is 0. The zero-order chi connectivity index (χ0) is 14.5. The van der Waals surface area contributed by atoms with Gasteiger partial charge in [0.1, 0.15) is 18.1 Å². The summed E-state index contributed by atoms with van der Waals surface area (Å²) < 4.78 is 11.0. The number of nitrogens with zero attached hydrogens (tertiary/aromatic N) is 1. The molecule has 0 bridgehead atoms. The number of hydrogen-bond acceptors (Lipinski definition) is 4. The lowest BCUT2D eigenvalue weighted by Crippen LogP contribution is -1.98. The highest BCUT2D eigenvalue weighted by atomic mass is 16.5. The Morgan fingerprint density at radius 3 is 2.57 bits per heavy atom. The van der Waals surface area contributed by atoms with E-state index in [-0.39, 0.29) is 6.61 Å². The second kappa shape index (κ2) is 6.24. The monoisotopic (exact) mass is 281 g/mol. The highest BCUT2D eigenvalue weighted by Crippen LogP contribution is 2.22. The molecule has 0 aliphatic heterocycles. The molecule has 0 aliphatic rings. The van der Waals surface area contributed by atoms with Crippen molar-refractivity contribution in [1.82, 2.24) is 5.16 Å². The van der Waals surface area contributed by atoms with Gasteiger partial charge in [0.2, 0.25) is 0 Å². The molecule has 1 aromatic heterocycles. The third kappa shape index (κ3) is 3.12. The first-order chi connectivity index (χ1) is 10.4. The Morgan fingerprint density at radius 2 is 1.76 bits per heavy atom. The van der Waals surface area contributed by atoms with Crippen LogP contribution in [0.1, 0.15) is 11.3 Å². The molecule has 106 valence electrons. The molecule has 0 spiro atoms. The van der Waals surface area contributed by atoms with Gasteiger partial charge in [0.15, 0.2) is 5.76 Å². The van der Waals surface area contributed by atoms with Gasteiger partial charge >= 0.3 is 0 Å². The molecule has 0 fully saturated rings. The SMILES string of the molecule is OCc1ccccc1OCc1cc(-c2ccccc2)on1. The van der Waals surface area contributed by atoms with Crippen molar-refractivity contribution in [1.29, 1.82) is 0 Å². The zero-order valence-corrected chi connectivity index (χ0v) is 11.4. The van der Waals surface area contributed by atoms with Gasteiger partial charge in [-0.15, -0.1) is 0 Å². The number of benzene rings is 2. The summed E-state index contributed by atoms with van der Waals surface area (Å²) in [4.78, 5) is 0. The summed E-state index contributed by atoms with van der Waals surface area (Å²) >= 11 is 0. The largest absolute Gasteiger partial charge is 0.487 e. The molecule has 0 unspecified atom stereocenters. The normalized spacial score (nSPS) is 10.5. The first-order valence-corrected chi connectivity index (χ1v) is 6.69. The molecular weight excluding hydrogens is 266 g/mol. The molecule has 4 heteroatoms. The minimum absolute atomic E-state index is 0.0513. The van der Waals surface area contributed by atoms with Crippen molar-refractivity contribution in [3.05, 3.63) is 71.9 Å². The van der Waals surface area contributed by atoms with Crippen LogP contribution in [0, 0.1) is 0 Å². The molecular formula is C17H15NO3. The molecule has 2 aromatic carbocycles. The van der Waals surface area contributed by atoms with E-state index in [1.807, 2.05) is 60.7 Å². The Kier molecular flexibility index (Phi) is 3.98. The lowest BCUT2D eigenvalue weighted by Gasteiger charge is -2.07. The van der Waals surface area contributed by atoms with Crippen LogP contribution in [0.5, 0.6) is 5.75 Å². The molecule has 3 rings (SSSR count). The lowest BCUT2D eigenvalue weighted by molar-refractivity contribution is 0.254. The number of aliphatic hydroxyl groups excluding tert-OH is 1. The summed E-state index contributed by atoms with van der Waals surface area (Å²) in [5, 5.41) is 13.3. The van der Waals surface area contributed by atoms with Crippen LogP contribution in [0.4, 0.5) is 0 Å². The number of ether oxygens (including phenoxy) is 1. The summed E-state index contributed by atoms with van der Waals surface area (Å²) in [5.74, 6) is 1.37. The van der Waals surface area contributed by atoms with E-state index in [0.29, 0.717) is 23.8 Å². The van der Waals surface area contributed by atoms with Gasteiger partial charge in [0.25, 0.3) is 0 Å². The van der Waals surface area contributed by atoms with E-state index in [1.165, 1.54) is 0 Å². The van der Waals surface area contributed by atoms with E-state index in [9.17, 15) is 5.11 Å². The quantitative estimate of drug-likeness (QED) is 0.778. The Morgan fingerprint density at radius 1 is 1.00 bits per heavy atom. The second-order valence-corrected chi connectivity index (χ2v) is 4.60. The van der Waals surface area contributed by atoms with Crippen molar-refractivity contribution in [2.75, 3.05) is 0 Å². The number of hydrogen-bond donors (Lipinski definition) is 1. The van der Waals surface area contributed by atoms with Gasteiger partial charge in [0, 0.05) is 17.2 Å². The standard InChI is InChI=1S/C17H15NO3/c19-11-14-8-4-5-9-16(14)20-12-15-10-17(21-18-15)13-6-2-1-3-7-13/h1-10,19H,11-12H2. The van der Waals surface area contributed by atoms with Crippen LogP contribution < -0.4 is 4.74 Å². The maximum atomic E-state index is 9.25. The number of aliphatic hydroxyl groups is 1. The third-order valence-electron chi connectivity index (χ3n) is 3.14. The maximum Gasteiger partial charge on any atom is 0.167 e. The molecule has 0 saturated heterocycles. The van der Waals surface area contributed by atoms with Crippen LogP contribution in [0.2, 0.25) is 0 Å². The fourth-order valence-corrected chi connectivity index (χ4v) is 2.05. The van der Waals surface area contributed by atoms with Crippen molar-refractivity contribution < 1.29 is 14.4 Å². The van der Waals surface area contributed by atoms with Crippen molar-refractivity contribution in [2.24, 2.45) is 0 Å². The third-order valence-corrected chi connectivity index (χ3v) is 3.14. The number of para-hydroxylation sites is 1. The molecule has 21 heavy (non-hydrogen) atoms. The summed E-state index contributed by atoms with van der Waals surface area (Å²) in [6, 6.07) is 19.0. The first kappa shape index (κ1) is 13.4. The molecule has 4 nitrogen and oxygen atoms in total. The van der Waals surface area contributed by atoms with Crippen LogP contribution in [0.3, 0.4) is 0 Å². The molecule has 1 N–H and O–H groups in total. The molecule has 0 radical (unpaired) electrons. The van der Waals surface area contributed by atoms with E-state index in [0.717, 1.165) is 11.1 Å². The van der Waals surface area contributed by atoms with Crippen molar-refractivity contribution in [3.8, 4) is 17.1 Å². The maximum absolute atomic E-state index is 9.25. The Bertz CT molecular complexity index is 707. The molecule has 0 amide bonds. The summed E-state index contributed by atoms with van der Waals surface area (Å²) in [5.41, 5.74) is 2.44. The van der Waals surface area contributed by atoms with Crippen LogP contribution in [-0.4, -0.2) is 10.3 Å². The lowest BCUT2D eigenvalue weighted by atomic mass is 10.2. The van der Waals surface area contributed by atoms with Crippen molar-refractivity contribution >= 4 is 0 Å². The Hall–Kier alpha value is -2.59. The van der Waals surface area contributed by atoms with E-state index < -0.39 is 0 Å². The summed E-state index contributed by atoms with van der Waals surface area (Å²) in [6.07, 6.45) is 0. The molecule has 0 saturated carbocycles. The molecule has 1 heterocycles. The van der Waals surface area contributed by atoms with Crippen LogP contribution >= 0.6 is 0 Å². The van der Waals surface area contributed by atoms with Gasteiger partial charge in [-0.05, 0) is 6.07 Å². The highest BCUT2D eigenvalue weighted by Gasteiger charge is 2.08. The minimum Gasteiger partial charge on any atom is -0.487 e. The highest BCUT2D eigenvalue weighted by molar-refractivity contribution is 5.56. The Labute approximate surface area is 122 Å². The van der Waals surface area contributed by atoms with Crippen LogP contribution in [0.25, 0.3) is 11.3 Å². The predicted molar refractivity (Wildman–Crippen MR) is 78.6 cm³/mol. The van der Waals surface area contributed by atoms with Gasteiger partial charge in [-0.25, -0.2) is 0 Å². The van der Waals surface area contributed by atoms with Crippen molar-refractivity contribution in [3.63, 3.8) is 0 Å². The van der Waals surface area contributed by atoms with Crippen LogP contribution in [0.15, 0.2) is 65.2 Å². The second-order valence-electron chi connectivity index (χ2n) is 4.60. The Balaban J connectivity index is 1.71. The van der Waals surface area contributed by atoms with Crippen molar-refractivity contribution in [2.45, 2.75) is 13.2 Å². The topological polar surface area (TPSA) is 55.5 Å². The van der Waals surface area contributed by atoms with Gasteiger partial charge in [-0.2, -0.15) is 0 Å². The minimum atomic E-state index is -0.0513. The average Bonchev–Trinajstić information content (AvgIpc) is 3.03. The first-order valence-electron chi connectivity index (χ1n) is 6.69. The number of rotatable bonds is 5. The fourth-order valence-electron chi connectivity index (χ4n) is 2.05. The van der Waals surface area contributed by atoms with Gasteiger partial charge in [0.05, 0.1) is 6.61 Å². The molecule has 0 atom stereocenters. The van der Waals surface area contributed by atoms with E-state index in [4.69, 9.17) is 9.26 Å². The number of aromatic nitrogens is 1. The fraction of sp³-hybridized carbons (Fsp3) is 0.118. The smallest absolute Gasteiger partial charge is 0.167 e. The van der Waals surface area contributed by atoms with Crippen LogP contribution in [-0.2, 0) is 13.2 Å². The van der Waals surface area contributed by atoms with E-state index >= 15 is 0 Å². The van der Waals surface area contributed by atoms with Gasteiger partial charge in [-0.3, -0.25) is 0 Å². The summed E-state index contributed by atoms with van der Waals surface area (Å²) in [6.45, 7) is 0.248. The molecule has 0 aliphatic carbocycles. The van der Waals surface area contributed by atoms with E-state index in [1.54, 1.807) is 0 Å².